The summed E-state index contributed by atoms with van der Waals surface area (Å²) in [6, 6.07) is 21.0. The summed E-state index contributed by atoms with van der Waals surface area (Å²) in [7, 11) is -1.35. The van der Waals surface area contributed by atoms with Gasteiger partial charge in [0.25, 0.3) is 9.04 Å². The summed E-state index contributed by atoms with van der Waals surface area (Å²) in [6.45, 7) is 6.61. The van der Waals surface area contributed by atoms with Crippen LogP contribution in [0, 0.1) is 5.41 Å². The largest absolute Gasteiger partial charge is 0.398 e. The van der Waals surface area contributed by atoms with Crippen molar-refractivity contribution in [3.63, 3.8) is 0 Å². The number of hydrogen-bond acceptors (Lipinski definition) is 2. The second-order valence-corrected chi connectivity index (χ2v) is 8.98. The quantitative estimate of drug-likeness (QED) is 0.726. The lowest BCUT2D eigenvalue weighted by molar-refractivity contribution is 0.0862. The Hall–Kier alpha value is -2.17. The van der Waals surface area contributed by atoms with Crippen LogP contribution in [-0.4, -0.2) is 19.0 Å². The van der Waals surface area contributed by atoms with E-state index in [-0.39, 0.29) is 11.5 Å². The number of aromatic amines is 1. The van der Waals surface area contributed by atoms with Gasteiger partial charge in [-0.25, -0.2) is 4.98 Å². The zero-order valence-electron chi connectivity index (χ0n) is 14.4. The maximum absolute atomic E-state index is 6.76. The van der Waals surface area contributed by atoms with Gasteiger partial charge in [0.15, 0.2) is 0 Å². The molecule has 1 atom stereocenters. The smallest absolute Gasteiger partial charge is 0.283 e. The van der Waals surface area contributed by atoms with Gasteiger partial charge in [-0.15, -0.1) is 0 Å². The van der Waals surface area contributed by atoms with Crippen LogP contribution >= 0.6 is 0 Å². The number of nitrogens with one attached hydrogen (secondary N) is 1. The average Bonchev–Trinajstić information content (AvgIpc) is 3.10. The molecule has 4 heteroatoms. The highest BCUT2D eigenvalue weighted by atomic mass is 28.3. The van der Waals surface area contributed by atoms with Gasteiger partial charge in [-0.1, -0.05) is 81.4 Å². The van der Waals surface area contributed by atoms with Crippen LogP contribution in [0.5, 0.6) is 0 Å². The van der Waals surface area contributed by atoms with E-state index < -0.39 is 9.04 Å². The van der Waals surface area contributed by atoms with E-state index in [0.717, 1.165) is 5.69 Å². The lowest BCUT2D eigenvalue weighted by Crippen LogP contribution is -2.47. The van der Waals surface area contributed by atoms with Crippen LogP contribution in [0.2, 0.25) is 0 Å². The fourth-order valence-corrected chi connectivity index (χ4v) is 5.03. The molecule has 1 N–H and O–H groups in total. The molecule has 0 saturated heterocycles. The molecule has 0 amide bonds. The summed E-state index contributed by atoms with van der Waals surface area (Å²) in [6.07, 6.45) is 3.54. The molecule has 0 fully saturated rings. The summed E-state index contributed by atoms with van der Waals surface area (Å²) in [4.78, 5) is 7.42. The van der Waals surface area contributed by atoms with E-state index in [1.165, 1.54) is 10.4 Å². The summed E-state index contributed by atoms with van der Waals surface area (Å²) in [5.41, 5.74) is 0.989. The Balaban J connectivity index is 1.99. The molecular formula is C20H23N2OSi. The van der Waals surface area contributed by atoms with Gasteiger partial charge in [0.05, 0.1) is 24.3 Å². The topological polar surface area (TPSA) is 37.9 Å². The number of aromatic nitrogens is 2. The Bertz CT molecular complexity index is 697. The maximum Gasteiger partial charge on any atom is 0.283 e. The number of hydrogen-bond donors (Lipinski definition) is 1. The van der Waals surface area contributed by atoms with E-state index in [4.69, 9.17) is 4.43 Å². The van der Waals surface area contributed by atoms with E-state index in [9.17, 15) is 0 Å². The lowest BCUT2D eigenvalue weighted by Gasteiger charge is -2.33. The fourth-order valence-electron chi connectivity index (χ4n) is 2.72. The second kappa shape index (κ2) is 7.15. The maximum atomic E-state index is 6.76. The molecule has 3 rings (SSSR count). The zero-order chi connectivity index (χ0) is 17.0. The van der Waals surface area contributed by atoms with Gasteiger partial charge >= 0.3 is 0 Å². The number of H-pyrrole nitrogens is 1. The van der Waals surface area contributed by atoms with Crippen molar-refractivity contribution < 1.29 is 4.43 Å². The third kappa shape index (κ3) is 3.83. The molecule has 3 nitrogen and oxygen atoms in total. The molecule has 0 spiro atoms. The lowest BCUT2D eigenvalue weighted by atomic mass is 9.87. The van der Waals surface area contributed by atoms with Gasteiger partial charge in [-0.05, 0) is 15.8 Å². The molecule has 1 heterocycles. The van der Waals surface area contributed by atoms with Crippen molar-refractivity contribution in [3.8, 4) is 0 Å². The molecule has 3 aromatic rings. The normalized spacial score (nSPS) is 13.2. The average molecular weight is 336 g/mol. The van der Waals surface area contributed by atoms with E-state index in [1.807, 2.05) is 18.3 Å². The van der Waals surface area contributed by atoms with Crippen LogP contribution in [0.15, 0.2) is 73.2 Å². The Kier molecular flexibility index (Phi) is 4.97. The van der Waals surface area contributed by atoms with Crippen molar-refractivity contribution in [1.29, 1.82) is 0 Å². The molecule has 1 radical (unpaired) electrons. The molecule has 0 aliphatic heterocycles. The molecule has 0 aliphatic carbocycles. The molecule has 24 heavy (non-hydrogen) atoms. The van der Waals surface area contributed by atoms with Gasteiger partial charge < -0.3 is 9.41 Å². The van der Waals surface area contributed by atoms with Crippen molar-refractivity contribution in [2.45, 2.75) is 26.9 Å². The number of nitrogens with zero attached hydrogens (tertiary/aromatic N) is 1. The van der Waals surface area contributed by atoms with Crippen LogP contribution in [-0.2, 0) is 4.43 Å². The first-order valence-corrected chi connectivity index (χ1v) is 9.59. The third-order valence-electron chi connectivity index (χ3n) is 3.90. The number of imidazole rings is 1. The van der Waals surface area contributed by atoms with Crippen LogP contribution < -0.4 is 10.4 Å². The van der Waals surface area contributed by atoms with Crippen molar-refractivity contribution in [2.75, 3.05) is 0 Å². The molecule has 0 saturated carbocycles. The van der Waals surface area contributed by atoms with E-state index >= 15 is 0 Å². The second-order valence-electron chi connectivity index (χ2n) is 6.93. The Morgan fingerprint density at radius 2 is 1.46 bits per heavy atom. The number of benzene rings is 2. The van der Waals surface area contributed by atoms with Crippen molar-refractivity contribution in [3.05, 3.63) is 78.9 Å². The van der Waals surface area contributed by atoms with Gasteiger partial charge in [0.1, 0.15) is 0 Å². The molecule has 123 valence electrons. The van der Waals surface area contributed by atoms with E-state index in [0.29, 0.717) is 0 Å². The molecule has 2 aromatic carbocycles. The van der Waals surface area contributed by atoms with Crippen LogP contribution in [0.1, 0.15) is 32.6 Å². The Morgan fingerprint density at radius 3 is 1.88 bits per heavy atom. The van der Waals surface area contributed by atoms with Crippen LogP contribution in [0.3, 0.4) is 0 Å². The summed E-state index contributed by atoms with van der Waals surface area (Å²) < 4.78 is 6.76. The summed E-state index contributed by atoms with van der Waals surface area (Å²) in [5, 5.41) is 2.50. The van der Waals surface area contributed by atoms with Gasteiger partial charge in [0.2, 0.25) is 0 Å². The Labute approximate surface area is 145 Å². The standard InChI is InChI=1S/C20H23N2OSi/c1-20(2,3)19(18-14-21-15-22-18)23-24(16-10-6-4-7-11-16)17-12-8-5-9-13-17/h4-15,19H,1-3H3,(H,21,22). The van der Waals surface area contributed by atoms with Crippen molar-refractivity contribution in [1.82, 2.24) is 9.97 Å². The first kappa shape index (κ1) is 16.7. The van der Waals surface area contributed by atoms with Gasteiger partial charge in [-0.3, -0.25) is 0 Å². The first-order valence-electron chi connectivity index (χ1n) is 8.18. The first-order chi connectivity index (χ1) is 11.6. The summed E-state index contributed by atoms with van der Waals surface area (Å²) in [5.74, 6) is 0. The predicted molar refractivity (Wildman–Crippen MR) is 99.8 cm³/mol. The zero-order valence-corrected chi connectivity index (χ0v) is 15.4. The minimum Gasteiger partial charge on any atom is -0.398 e. The predicted octanol–water partition coefficient (Wildman–Crippen LogP) is 3.32. The third-order valence-corrected chi connectivity index (χ3v) is 6.08. The van der Waals surface area contributed by atoms with Crippen molar-refractivity contribution in [2.24, 2.45) is 5.41 Å². The van der Waals surface area contributed by atoms with E-state index in [2.05, 4.69) is 79.3 Å². The fraction of sp³-hybridized carbons (Fsp3) is 0.250. The van der Waals surface area contributed by atoms with Crippen LogP contribution in [0.4, 0.5) is 0 Å². The Morgan fingerprint density at radius 1 is 0.917 bits per heavy atom. The monoisotopic (exact) mass is 335 g/mol. The highest BCUT2D eigenvalue weighted by Gasteiger charge is 2.33. The van der Waals surface area contributed by atoms with Crippen LogP contribution in [0.25, 0.3) is 0 Å². The highest BCUT2D eigenvalue weighted by molar-refractivity contribution is 6.80. The van der Waals surface area contributed by atoms with Gasteiger partial charge in [0, 0.05) is 0 Å². The van der Waals surface area contributed by atoms with Gasteiger partial charge in [-0.2, -0.15) is 0 Å². The minimum atomic E-state index is -1.35. The SMILES string of the molecule is CC(C)(C)C(O[Si](c1ccccc1)c1ccccc1)c1cnc[nH]1. The van der Waals surface area contributed by atoms with E-state index in [1.54, 1.807) is 6.33 Å². The summed E-state index contributed by atoms with van der Waals surface area (Å²) >= 11 is 0. The molecule has 1 unspecified atom stereocenters. The molecule has 0 aliphatic rings. The molecular weight excluding hydrogens is 312 g/mol. The van der Waals surface area contributed by atoms with Crippen molar-refractivity contribution >= 4 is 19.4 Å². The highest BCUT2D eigenvalue weighted by Crippen LogP contribution is 2.35. The minimum absolute atomic E-state index is 0.0357. The number of rotatable bonds is 5. The molecule has 1 aromatic heterocycles. The molecule has 0 bridgehead atoms.